The molecule has 0 aliphatic rings. The molecule has 6 heteroatoms. The highest BCUT2D eigenvalue weighted by Gasteiger charge is 2.18. The monoisotopic (exact) mass is 310 g/mol. The van der Waals surface area contributed by atoms with Crippen molar-refractivity contribution in [3.05, 3.63) is 58.4 Å². The lowest BCUT2D eigenvalue weighted by Crippen LogP contribution is -2.24. The van der Waals surface area contributed by atoms with Crippen LogP contribution in [0.4, 0.5) is 0 Å². The molecular formula is C14H15ClN2O2S. The number of rotatable bonds is 4. The van der Waals surface area contributed by atoms with Crippen molar-refractivity contribution in [1.29, 1.82) is 0 Å². The van der Waals surface area contributed by atoms with Gasteiger partial charge in [-0.25, -0.2) is 13.1 Å². The van der Waals surface area contributed by atoms with Gasteiger partial charge in [-0.1, -0.05) is 17.7 Å². The quantitative estimate of drug-likeness (QED) is 0.944. The highest BCUT2D eigenvalue weighted by molar-refractivity contribution is 7.89. The van der Waals surface area contributed by atoms with Gasteiger partial charge >= 0.3 is 0 Å². The van der Waals surface area contributed by atoms with E-state index in [9.17, 15) is 8.42 Å². The Kier molecular flexibility index (Phi) is 4.42. The van der Waals surface area contributed by atoms with Gasteiger partial charge in [0.05, 0.1) is 17.1 Å². The van der Waals surface area contributed by atoms with E-state index in [-0.39, 0.29) is 11.4 Å². The Hall–Kier alpha value is -1.43. The lowest BCUT2D eigenvalue weighted by Gasteiger charge is -2.11. The molecule has 0 amide bonds. The Morgan fingerprint density at radius 2 is 1.95 bits per heavy atom. The summed E-state index contributed by atoms with van der Waals surface area (Å²) in [4.78, 5) is 4.33. The second kappa shape index (κ2) is 5.91. The van der Waals surface area contributed by atoms with Crippen LogP contribution < -0.4 is 4.72 Å². The number of nitrogens with zero attached hydrogens (tertiary/aromatic N) is 1. The number of pyridine rings is 1. The molecule has 0 aliphatic heterocycles. The van der Waals surface area contributed by atoms with Crippen LogP contribution in [0.1, 0.15) is 16.8 Å². The lowest BCUT2D eigenvalue weighted by molar-refractivity contribution is 0.579. The molecule has 0 saturated heterocycles. The molecule has 0 bridgehead atoms. The van der Waals surface area contributed by atoms with E-state index >= 15 is 0 Å². The van der Waals surface area contributed by atoms with Crippen LogP contribution in [0.2, 0.25) is 5.02 Å². The van der Waals surface area contributed by atoms with Crippen molar-refractivity contribution in [3.63, 3.8) is 0 Å². The Balaban J connectivity index is 2.25. The molecular weight excluding hydrogens is 296 g/mol. The van der Waals surface area contributed by atoms with Crippen LogP contribution in [0, 0.1) is 13.8 Å². The summed E-state index contributed by atoms with van der Waals surface area (Å²) in [6.07, 6.45) is 1.63. The van der Waals surface area contributed by atoms with Crippen molar-refractivity contribution >= 4 is 21.6 Å². The van der Waals surface area contributed by atoms with Gasteiger partial charge in [0.25, 0.3) is 0 Å². The molecule has 106 valence electrons. The summed E-state index contributed by atoms with van der Waals surface area (Å²) >= 11 is 5.98. The fourth-order valence-corrected chi connectivity index (χ4v) is 3.32. The van der Waals surface area contributed by atoms with Crippen molar-refractivity contribution in [2.75, 3.05) is 0 Å². The van der Waals surface area contributed by atoms with Crippen LogP contribution in [-0.4, -0.2) is 13.4 Å². The minimum absolute atomic E-state index is 0.157. The van der Waals surface area contributed by atoms with Gasteiger partial charge in [-0.05, 0) is 49.2 Å². The van der Waals surface area contributed by atoms with Crippen molar-refractivity contribution in [2.45, 2.75) is 25.3 Å². The number of benzene rings is 1. The third-order valence-corrected chi connectivity index (χ3v) is 4.87. The first kappa shape index (κ1) is 15.0. The Morgan fingerprint density at radius 3 is 2.60 bits per heavy atom. The summed E-state index contributed by atoms with van der Waals surface area (Å²) in [5, 5.41) is 0.561. The molecule has 0 unspecified atom stereocenters. The Morgan fingerprint density at radius 1 is 1.20 bits per heavy atom. The van der Waals surface area contributed by atoms with E-state index in [1.54, 1.807) is 44.3 Å². The average molecular weight is 311 g/mol. The fraction of sp³-hybridized carbons (Fsp3) is 0.214. The molecule has 4 nitrogen and oxygen atoms in total. The van der Waals surface area contributed by atoms with Gasteiger partial charge in [-0.15, -0.1) is 0 Å². The molecule has 2 rings (SSSR count). The number of halogens is 1. The van der Waals surface area contributed by atoms with Crippen LogP contribution in [0.15, 0.2) is 41.4 Å². The predicted octanol–water partition coefficient (Wildman–Crippen LogP) is 2.83. The average Bonchev–Trinajstić information content (AvgIpc) is 2.42. The lowest BCUT2D eigenvalue weighted by atomic mass is 10.2. The maximum Gasteiger partial charge on any atom is 0.241 e. The van der Waals surface area contributed by atoms with Crippen LogP contribution in [0.3, 0.4) is 0 Å². The minimum atomic E-state index is -3.58. The number of hydrogen-bond acceptors (Lipinski definition) is 3. The van der Waals surface area contributed by atoms with Crippen molar-refractivity contribution in [1.82, 2.24) is 9.71 Å². The highest BCUT2D eigenvalue weighted by Crippen LogP contribution is 2.23. The zero-order chi connectivity index (χ0) is 14.8. The van der Waals surface area contributed by atoms with Gasteiger partial charge in [0.15, 0.2) is 0 Å². The van der Waals surface area contributed by atoms with Crippen molar-refractivity contribution in [3.8, 4) is 0 Å². The number of sulfonamides is 1. The third kappa shape index (κ3) is 3.36. The maximum atomic E-state index is 12.3. The molecule has 0 aliphatic carbocycles. The summed E-state index contributed by atoms with van der Waals surface area (Å²) in [6, 6.07) is 8.60. The standard InChI is InChI=1S/C14H15ClN2O2S/c1-10-8-14(11(2)7-13(10)15)20(18,19)17-9-12-5-3-4-6-16-12/h3-8,17H,9H2,1-2H3. The molecule has 0 radical (unpaired) electrons. The second-order valence-electron chi connectivity index (χ2n) is 4.51. The van der Waals surface area contributed by atoms with E-state index in [1.165, 1.54) is 0 Å². The van der Waals surface area contributed by atoms with E-state index in [0.717, 1.165) is 5.56 Å². The molecule has 20 heavy (non-hydrogen) atoms. The summed E-state index contributed by atoms with van der Waals surface area (Å²) in [5.74, 6) is 0. The first-order chi connectivity index (χ1) is 9.40. The number of nitrogens with one attached hydrogen (secondary N) is 1. The van der Waals surface area contributed by atoms with Gasteiger partial charge in [-0.3, -0.25) is 4.98 Å². The van der Waals surface area contributed by atoms with Crippen LogP contribution in [0.25, 0.3) is 0 Å². The maximum absolute atomic E-state index is 12.3. The van der Waals surface area contributed by atoms with Crippen LogP contribution >= 0.6 is 11.6 Å². The van der Waals surface area contributed by atoms with Crippen molar-refractivity contribution in [2.24, 2.45) is 0 Å². The van der Waals surface area contributed by atoms with Gasteiger partial charge < -0.3 is 0 Å². The molecule has 1 heterocycles. The molecule has 0 spiro atoms. The van der Waals surface area contributed by atoms with Gasteiger partial charge in [0.2, 0.25) is 10.0 Å². The summed E-state index contributed by atoms with van der Waals surface area (Å²) < 4.78 is 27.2. The van der Waals surface area contributed by atoms with E-state index in [2.05, 4.69) is 9.71 Å². The van der Waals surface area contributed by atoms with Crippen LogP contribution in [0.5, 0.6) is 0 Å². The first-order valence-corrected chi connectivity index (χ1v) is 7.92. The molecule has 1 aromatic heterocycles. The number of hydrogen-bond donors (Lipinski definition) is 1. The molecule has 0 fully saturated rings. The van der Waals surface area contributed by atoms with E-state index in [0.29, 0.717) is 16.3 Å². The highest BCUT2D eigenvalue weighted by atomic mass is 35.5. The molecule has 0 saturated carbocycles. The van der Waals surface area contributed by atoms with E-state index in [4.69, 9.17) is 11.6 Å². The molecule has 1 aromatic carbocycles. The fourth-order valence-electron chi connectivity index (χ4n) is 1.79. The third-order valence-electron chi connectivity index (χ3n) is 2.92. The Labute approximate surface area is 123 Å². The van der Waals surface area contributed by atoms with Gasteiger partial charge in [0, 0.05) is 11.2 Å². The van der Waals surface area contributed by atoms with Gasteiger partial charge in [0.1, 0.15) is 0 Å². The second-order valence-corrected chi connectivity index (χ2v) is 6.66. The normalized spacial score (nSPS) is 11.6. The minimum Gasteiger partial charge on any atom is -0.260 e. The number of aryl methyl sites for hydroxylation is 2. The topological polar surface area (TPSA) is 59.1 Å². The first-order valence-electron chi connectivity index (χ1n) is 6.06. The van der Waals surface area contributed by atoms with Crippen LogP contribution in [-0.2, 0) is 16.6 Å². The Bertz CT molecular complexity index is 715. The summed E-state index contributed by atoms with van der Waals surface area (Å²) in [6.45, 7) is 3.66. The van der Waals surface area contributed by atoms with E-state index in [1.807, 2.05) is 6.07 Å². The SMILES string of the molecule is Cc1cc(S(=O)(=O)NCc2ccccn2)c(C)cc1Cl. The zero-order valence-electron chi connectivity index (χ0n) is 11.2. The predicted molar refractivity (Wildman–Crippen MR) is 79.2 cm³/mol. The molecule has 1 N–H and O–H groups in total. The van der Waals surface area contributed by atoms with E-state index < -0.39 is 10.0 Å². The summed E-state index contributed by atoms with van der Waals surface area (Å²) in [5.41, 5.74) is 2.02. The number of aromatic nitrogens is 1. The zero-order valence-corrected chi connectivity index (χ0v) is 12.8. The van der Waals surface area contributed by atoms with Crippen molar-refractivity contribution < 1.29 is 8.42 Å². The van der Waals surface area contributed by atoms with Gasteiger partial charge in [-0.2, -0.15) is 0 Å². The molecule has 2 aromatic rings. The largest absolute Gasteiger partial charge is 0.260 e. The summed E-state index contributed by atoms with van der Waals surface area (Å²) in [7, 11) is -3.58. The smallest absolute Gasteiger partial charge is 0.241 e. The molecule has 0 atom stereocenters.